The Labute approximate surface area is 137 Å². The predicted molar refractivity (Wildman–Crippen MR) is 90.5 cm³/mol. The van der Waals surface area contributed by atoms with Gasteiger partial charge in [0, 0.05) is 13.6 Å². The van der Waals surface area contributed by atoms with Crippen LogP contribution in [-0.4, -0.2) is 22.3 Å². The summed E-state index contributed by atoms with van der Waals surface area (Å²) >= 11 is 0. The molecule has 122 valence electrons. The highest BCUT2D eigenvalue weighted by Crippen LogP contribution is 2.13. The number of nitrogens with one attached hydrogen (secondary N) is 1. The minimum Gasteiger partial charge on any atom is -0.490 e. The van der Waals surface area contributed by atoms with Crippen molar-refractivity contribution >= 4 is 5.91 Å². The second-order valence-electron chi connectivity index (χ2n) is 5.32. The first-order valence-electron chi connectivity index (χ1n) is 7.75. The summed E-state index contributed by atoms with van der Waals surface area (Å²) in [6.07, 6.45) is 5.07. The quantitative estimate of drug-likeness (QED) is 0.800. The van der Waals surface area contributed by atoms with E-state index < -0.39 is 0 Å². The van der Waals surface area contributed by atoms with Crippen molar-refractivity contribution in [3.63, 3.8) is 0 Å². The molecule has 0 atom stereocenters. The maximum absolute atomic E-state index is 12.2. The molecular weight excluding hydrogens is 290 g/mol. The average Bonchev–Trinajstić information content (AvgIpc) is 2.88. The lowest BCUT2D eigenvalue weighted by Gasteiger charge is -2.08. The molecule has 0 spiro atoms. The number of nitrogens with zero attached hydrogens (tertiary/aromatic N) is 2. The van der Waals surface area contributed by atoms with Gasteiger partial charge in [-0.15, -0.1) is 0 Å². The number of aryl methyl sites for hydroxylation is 2. The summed E-state index contributed by atoms with van der Waals surface area (Å²) in [6, 6.07) is 9.51. The predicted octanol–water partition coefficient (Wildman–Crippen LogP) is 3.00. The van der Waals surface area contributed by atoms with Crippen LogP contribution in [0.4, 0.5) is 0 Å². The highest BCUT2D eigenvalue weighted by atomic mass is 16.5. The minimum absolute atomic E-state index is 0.134. The molecule has 1 amide bonds. The van der Waals surface area contributed by atoms with Crippen molar-refractivity contribution in [2.24, 2.45) is 7.05 Å². The van der Waals surface area contributed by atoms with Gasteiger partial charge in [-0.2, -0.15) is 5.10 Å². The Morgan fingerprint density at radius 1 is 1.35 bits per heavy atom. The largest absolute Gasteiger partial charge is 0.490 e. The van der Waals surface area contributed by atoms with Gasteiger partial charge in [-0.1, -0.05) is 31.2 Å². The van der Waals surface area contributed by atoms with Crippen LogP contribution in [0.5, 0.6) is 5.75 Å². The van der Waals surface area contributed by atoms with Crippen molar-refractivity contribution in [1.82, 2.24) is 15.1 Å². The van der Waals surface area contributed by atoms with Crippen LogP contribution in [0.1, 0.15) is 35.1 Å². The van der Waals surface area contributed by atoms with Crippen LogP contribution < -0.4 is 10.1 Å². The first kappa shape index (κ1) is 16.8. The van der Waals surface area contributed by atoms with Crippen LogP contribution in [0.25, 0.3) is 0 Å². The van der Waals surface area contributed by atoms with Crippen molar-refractivity contribution in [3.8, 4) is 5.75 Å². The normalized spacial score (nSPS) is 10.9. The standard InChI is InChI=1S/C18H23N3O2/c1-4-5-6-10-23-16-9-7-8-15(12-16)13-19-18(22)17-11-14(2)20-21(17)3/h5-9,11-12H,4,10,13H2,1-3H3,(H,19,22). The van der Waals surface area contributed by atoms with Gasteiger partial charge in [0.15, 0.2) is 0 Å². The molecule has 5 heteroatoms. The van der Waals surface area contributed by atoms with Crippen LogP contribution in [0, 0.1) is 6.92 Å². The maximum atomic E-state index is 12.2. The van der Waals surface area contributed by atoms with Gasteiger partial charge in [-0.3, -0.25) is 9.48 Å². The van der Waals surface area contributed by atoms with Crippen LogP contribution in [-0.2, 0) is 13.6 Å². The van der Waals surface area contributed by atoms with E-state index in [0.717, 1.165) is 23.4 Å². The molecule has 0 saturated heterocycles. The average molecular weight is 313 g/mol. The summed E-state index contributed by atoms with van der Waals surface area (Å²) in [6.45, 7) is 4.96. The molecule has 2 aromatic rings. The molecule has 1 aromatic carbocycles. The van der Waals surface area contributed by atoms with E-state index in [1.54, 1.807) is 17.8 Å². The Kier molecular flexibility index (Phi) is 5.97. The van der Waals surface area contributed by atoms with Crippen molar-refractivity contribution < 1.29 is 9.53 Å². The minimum atomic E-state index is -0.134. The number of carbonyl (C=O) groups excluding carboxylic acids is 1. The Morgan fingerprint density at radius 3 is 2.87 bits per heavy atom. The SMILES string of the molecule is CCC=CCOc1cccc(CNC(=O)c2cc(C)nn2C)c1. The number of hydrogen-bond donors (Lipinski definition) is 1. The number of benzene rings is 1. The number of amides is 1. The van der Waals surface area contributed by atoms with Crippen molar-refractivity contribution in [3.05, 3.63) is 59.4 Å². The van der Waals surface area contributed by atoms with Gasteiger partial charge in [-0.25, -0.2) is 0 Å². The van der Waals surface area contributed by atoms with Gasteiger partial charge in [-0.05, 0) is 37.1 Å². The van der Waals surface area contributed by atoms with Crippen molar-refractivity contribution in [1.29, 1.82) is 0 Å². The third-order valence-corrected chi connectivity index (χ3v) is 3.33. The summed E-state index contributed by atoms with van der Waals surface area (Å²) in [5.74, 6) is 0.666. The third kappa shape index (κ3) is 4.98. The van der Waals surface area contributed by atoms with Gasteiger partial charge in [0.05, 0.1) is 5.69 Å². The number of allylic oxidation sites excluding steroid dienone is 1. The van der Waals surface area contributed by atoms with E-state index in [-0.39, 0.29) is 5.91 Å². The van der Waals surface area contributed by atoms with E-state index >= 15 is 0 Å². The summed E-state index contributed by atoms with van der Waals surface area (Å²) in [4.78, 5) is 12.2. The van der Waals surface area contributed by atoms with Crippen LogP contribution in [0.2, 0.25) is 0 Å². The lowest BCUT2D eigenvalue weighted by Crippen LogP contribution is -2.25. The fourth-order valence-electron chi connectivity index (χ4n) is 2.22. The molecule has 0 fully saturated rings. The first-order valence-corrected chi connectivity index (χ1v) is 7.75. The second-order valence-corrected chi connectivity index (χ2v) is 5.32. The molecule has 0 aliphatic carbocycles. The van der Waals surface area contributed by atoms with Gasteiger partial charge in [0.1, 0.15) is 18.1 Å². The van der Waals surface area contributed by atoms with Gasteiger partial charge < -0.3 is 10.1 Å². The molecule has 0 radical (unpaired) electrons. The molecule has 1 N–H and O–H groups in total. The van der Waals surface area contributed by atoms with E-state index in [0.29, 0.717) is 18.8 Å². The number of aromatic nitrogens is 2. The van der Waals surface area contributed by atoms with Crippen molar-refractivity contribution in [2.75, 3.05) is 6.61 Å². The van der Waals surface area contributed by atoms with E-state index in [1.165, 1.54) is 0 Å². The van der Waals surface area contributed by atoms with Crippen LogP contribution >= 0.6 is 0 Å². The second kappa shape index (κ2) is 8.17. The Hall–Kier alpha value is -2.56. The van der Waals surface area contributed by atoms with E-state index in [2.05, 4.69) is 23.4 Å². The molecule has 0 unspecified atom stereocenters. The van der Waals surface area contributed by atoms with Crippen LogP contribution in [0.3, 0.4) is 0 Å². The molecule has 5 nitrogen and oxygen atoms in total. The molecule has 1 heterocycles. The Balaban J connectivity index is 1.91. The van der Waals surface area contributed by atoms with E-state index in [4.69, 9.17) is 4.74 Å². The molecule has 2 rings (SSSR count). The van der Waals surface area contributed by atoms with Gasteiger partial charge in [0.2, 0.25) is 0 Å². The monoisotopic (exact) mass is 313 g/mol. The summed E-state index contributed by atoms with van der Waals surface area (Å²) < 4.78 is 7.24. The van der Waals surface area contributed by atoms with E-state index in [1.807, 2.05) is 37.3 Å². The molecular formula is C18H23N3O2. The zero-order chi connectivity index (χ0) is 16.7. The van der Waals surface area contributed by atoms with Crippen LogP contribution in [0.15, 0.2) is 42.5 Å². The lowest BCUT2D eigenvalue weighted by molar-refractivity contribution is 0.0941. The zero-order valence-corrected chi connectivity index (χ0v) is 13.9. The van der Waals surface area contributed by atoms with Crippen molar-refractivity contribution in [2.45, 2.75) is 26.8 Å². The fraction of sp³-hybridized carbons (Fsp3) is 0.333. The summed E-state index contributed by atoms with van der Waals surface area (Å²) in [5.41, 5.74) is 2.38. The Morgan fingerprint density at radius 2 is 2.17 bits per heavy atom. The highest BCUT2D eigenvalue weighted by Gasteiger charge is 2.11. The molecule has 0 saturated carbocycles. The first-order chi connectivity index (χ1) is 11.1. The smallest absolute Gasteiger partial charge is 0.269 e. The van der Waals surface area contributed by atoms with Gasteiger partial charge in [0.25, 0.3) is 5.91 Å². The third-order valence-electron chi connectivity index (χ3n) is 3.33. The topological polar surface area (TPSA) is 56.1 Å². The van der Waals surface area contributed by atoms with Gasteiger partial charge >= 0.3 is 0 Å². The summed E-state index contributed by atoms with van der Waals surface area (Å²) in [5, 5.41) is 7.08. The molecule has 0 bridgehead atoms. The zero-order valence-electron chi connectivity index (χ0n) is 13.9. The molecule has 1 aromatic heterocycles. The Bertz CT molecular complexity index is 689. The van der Waals surface area contributed by atoms with E-state index in [9.17, 15) is 4.79 Å². The number of ether oxygens (including phenoxy) is 1. The number of rotatable bonds is 7. The maximum Gasteiger partial charge on any atom is 0.269 e. The highest BCUT2D eigenvalue weighted by molar-refractivity contribution is 5.92. The number of carbonyl (C=O) groups is 1. The molecule has 23 heavy (non-hydrogen) atoms. The summed E-state index contributed by atoms with van der Waals surface area (Å²) in [7, 11) is 1.76. The fourth-order valence-corrected chi connectivity index (χ4v) is 2.22. The lowest BCUT2D eigenvalue weighted by atomic mass is 10.2. The number of hydrogen-bond acceptors (Lipinski definition) is 3. The molecule has 0 aliphatic heterocycles. The molecule has 0 aliphatic rings.